The molecule has 0 amide bonds. The molecule has 4 rings (SSSR count). The lowest BCUT2D eigenvalue weighted by Crippen LogP contribution is -2.52. The van der Waals surface area contributed by atoms with Gasteiger partial charge in [0.05, 0.1) is 0 Å². The summed E-state index contributed by atoms with van der Waals surface area (Å²) >= 11 is 0. The molecule has 2 heteroatoms. The Hall–Kier alpha value is -0.630. The third-order valence-corrected chi connectivity index (χ3v) is 9.43. The number of hydrogen-bond donors (Lipinski definition) is 0. The molecule has 3 fully saturated rings. The molecule has 0 bridgehead atoms. The van der Waals surface area contributed by atoms with E-state index >= 15 is 0 Å². The lowest BCUT2D eigenvalue weighted by Gasteiger charge is -2.58. The molecule has 0 heterocycles. The Bertz CT molecular complexity index is 593. The van der Waals surface area contributed by atoms with Crippen molar-refractivity contribution in [2.45, 2.75) is 78.2 Å². The first-order valence-electron chi connectivity index (χ1n) is 10.7. The molecule has 0 aromatic rings. The third-order valence-electron chi connectivity index (χ3n) is 9.43. The predicted octanol–water partition coefficient (Wildman–Crippen LogP) is 5.08. The lowest BCUT2D eigenvalue weighted by atomic mass is 9.46. The monoisotopic (exact) mass is 343 g/mol. The van der Waals surface area contributed by atoms with E-state index in [-0.39, 0.29) is 0 Å². The van der Waals surface area contributed by atoms with Gasteiger partial charge in [0.2, 0.25) is 0 Å². The second-order valence-electron chi connectivity index (χ2n) is 10.4. The summed E-state index contributed by atoms with van der Waals surface area (Å²) < 4.78 is 0. The average molecular weight is 344 g/mol. The molecule has 140 valence electrons. The normalized spacial score (nSPS) is 47.8. The first-order chi connectivity index (χ1) is 11.8. The summed E-state index contributed by atoms with van der Waals surface area (Å²) in [5.41, 5.74) is 2.36. The number of hydrogen-bond acceptors (Lipinski definition) is 2. The van der Waals surface area contributed by atoms with Gasteiger partial charge in [0, 0.05) is 12.5 Å². The van der Waals surface area contributed by atoms with E-state index in [0.29, 0.717) is 22.7 Å². The summed E-state index contributed by atoms with van der Waals surface area (Å²) in [6, 6.07) is 0.688. The van der Waals surface area contributed by atoms with Gasteiger partial charge in [0.1, 0.15) is 0 Å². The van der Waals surface area contributed by atoms with E-state index in [0.717, 1.165) is 36.5 Å². The molecule has 4 aliphatic rings. The van der Waals surface area contributed by atoms with Crippen molar-refractivity contribution in [3.63, 3.8) is 0 Å². The fraction of sp³-hybridized carbons (Fsp3) is 0.870. The lowest BCUT2D eigenvalue weighted by molar-refractivity contribution is -0.117. The van der Waals surface area contributed by atoms with Gasteiger partial charge in [0.15, 0.2) is 5.78 Å². The van der Waals surface area contributed by atoms with Gasteiger partial charge < -0.3 is 4.90 Å². The maximum Gasteiger partial charge on any atom is 0.155 e. The van der Waals surface area contributed by atoms with E-state index in [1.54, 1.807) is 0 Å². The number of carbonyl (C=O) groups is 1. The summed E-state index contributed by atoms with van der Waals surface area (Å²) in [5, 5.41) is 0. The SMILES string of the molecule is CC(C1CCC2C3CCC4=CC(=O)CCC4(C)C3CCC21C)N(C)C. The van der Waals surface area contributed by atoms with Crippen LogP contribution in [0, 0.1) is 34.5 Å². The highest BCUT2D eigenvalue weighted by molar-refractivity contribution is 5.91. The smallest absolute Gasteiger partial charge is 0.155 e. The zero-order valence-electron chi connectivity index (χ0n) is 17.0. The number of carbonyl (C=O) groups excluding carboxylic acids is 1. The van der Waals surface area contributed by atoms with Crippen LogP contribution in [0.25, 0.3) is 0 Å². The van der Waals surface area contributed by atoms with Crippen LogP contribution in [-0.2, 0) is 4.79 Å². The van der Waals surface area contributed by atoms with Crippen LogP contribution in [0.5, 0.6) is 0 Å². The standard InChI is InChI=1S/C23H37NO/c1-15(24(4)5)19-8-9-20-18-7-6-16-14-17(25)10-12-22(16,2)21(18)11-13-23(19,20)3/h14-15,18-21H,6-13H2,1-5H3. The van der Waals surface area contributed by atoms with Gasteiger partial charge in [-0.1, -0.05) is 19.4 Å². The molecule has 0 saturated heterocycles. The molecule has 0 radical (unpaired) electrons. The van der Waals surface area contributed by atoms with Crippen LogP contribution in [0.4, 0.5) is 0 Å². The molecule has 4 aliphatic carbocycles. The first kappa shape index (κ1) is 17.8. The summed E-state index contributed by atoms with van der Waals surface area (Å²) in [6.07, 6.45) is 12.1. The largest absolute Gasteiger partial charge is 0.306 e. The number of rotatable bonds is 2. The van der Waals surface area contributed by atoms with Crippen LogP contribution in [0.3, 0.4) is 0 Å². The second-order valence-corrected chi connectivity index (χ2v) is 10.4. The van der Waals surface area contributed by atoms with Crippen LogP contribution in [-0.4, -0.2) is 30.8 Å². The summed E-state index contributed by atoms with van der Waals surface area (Å²) in [4.78, 5) is 14.4. The molecule has 0 aliphatic heterocycles. The highest BCUT2D eigenvalue weighted by atomic mass is 16.1. The topological polar surface area (TPSA) is 20.3 Å². The van der Waals surface area contributed by atoms with Crippen LogP contribution in [0.1, 0.15) is 72.1 Å². The number of fused-ring (bicyclic) bond motifs is 5. The molecule has 0 aromatic carbocycles. The first-order valence-corrected chi connectivity index (χ1v) is 10.7. The Morgan fingerprint density at radius 2 is 1.80 bits per heavy atom. The van der Waals surface area contributed by atoms with Gasteiger partial charge in [-0.2, -0.15) is 0 Å². The van der Waals surface area contributed by atoms with Crippen molar-refractivity contribution < 1.29 is 4.79 Å². The van der Waals surface area contributed by atoms with E-state index in [1.165, 1.54) is 44.1 Å². The minimum Gasteiger partial charge on any atom is -0.306 e. The third kappa shape index (κ3) is 2.50. The molecule has 0 aromatic heterocycles. The van der Waals surface area contributed by atoms with E-state index in [2.05, 4.69) is 39.8 Å². The van der Waals surface area contributed by atoms with Crippen molar-refractivity contribution in [1.29, 1.82) is 0 Å². The quantitative estimate of drug-likeness (QED) is 0.696. The van der Waals surface area contributed by atoms with Crippen molar-refractivity contribution in [2.75, 3.05) is 14.1 Å². The molecule has 0 spiro atoms. The Morgan fingerprint density at radius 1 is 1.04 bits per heavy atom. The maximum atomic E-state index is 12.0. The molecule has 7 unspecified atom stereocenters. The number of nitrogens with zero attached hydrogens (tertiary/aromatic N) is 1. The van der Waals surface area contributed by atoms with E-state index in [1.807, 2.05) is 6.08 Å². The van der Waals surface area contributed by atoms with E-state index in [4.69, 9.17) is 0 Å². The number of ketones is 1. The molecular formula is C23H37NO. The second kappa shape index (κ2) is 5.94. The Kier molecular flexibility index (Phi) is 4.22. The Labute approximate surface area is 154 Å². The fourth-order valence-electron chi connectivity index (χ4n) is 7.75. The highest BCUT2D eigenvalue weighted by Gasteiger charge is 2.59. The number of allylic oxidation sites excluding steroid dienone is 1. The summed E-state index contributed by atoms with van der Waals surface area (Å²) in [5.74, 6) is 3.87. The van der Waals surface area contributed by atoms with Crippen LogP contribution >= 0.6 is 0 Å². The van der Waals surface area contributed by atoms with Crippen molar-refractivity contribution >= 4 is 5.78 Å². The molecule has 25 heavy (non-hydrogen) atoms. The molecule has 0 N–H and O–H groups in total. The Morgan fingerprint density at radius 3 is 2.52 bits per heavy atom. The molecule has 2 nitrogen and oxygen atoms in total. The zero-order valence-corrected chi connectivity index (χ0v) is 17.0. The van der Waals surface area contributed by atoms with Crippen LogP contribution in [0.2, 0.25) is 0 Å². The van der Waals surface area contributed by atoms with Crippen LogP contribution < -0.4 is 0 Å². The average Bonchev–Trinajstić information content (AvgIpc) is 2.92. The Balaban J connectivity index is 1.62. The van der Waals surface area contributed by atoms with Gasteiger partial charge in [-0.05, 0) is 107 Å². The maximum absolute atomic E-state index is 12.0. The minimum absolute atomic E-state index is 0.323. The van der Waals surface area contributed by atoms with Gasteiger partial charge in [-0.25, -0.2) is 0 Å². The minimum atomic E-state index is 0.323. The van der Waals surface area contributed by atoms with E-state index in [9.17, 15) is 4.79 Å². The fourth-order valence-corrected chi connectivity index (χ4v) is 7.75. The van der Waals surface area contributed by atoms with Gasteiger partial charge in [-0.3, -0.25) is 4.79 Å². The molecule has 7 atom stereocenters. The summed E-state index contributed by atoms with van der Waals surface area (Å²) in [7, 11) is 4.51. The van der Waals surface area contributed by atoms with Crippen molar-refractivity contribution in [1.82, 2.24) is 4.90 Å². The van der Waals surface area contributed by atoms with Gasteiger partial charge in [-0.15, -0.1) is 0 Å². The zero-order chi connectivity index (χ0) is 18.0. The van der Waals surface area contributed by atoms with Crippen molar-refractivity contribution in [3.8, 4) is 0 Å². The summed E-state index contributed by atoms with van der Waals surface area (Å²) in [6.45, 7) is 7.57. The van der Waals surface area contributed by atoms with E-state index < -0.39 is 0 Å². The van der Waals surface area contributed by atoms with Crippen molar-refractivity contribution in [2.24, 2.45) is 34.5 Å². The van der Waals surface area contributed by atoms with Crippen molar-refractivity contribution in [3.05, 3.63) is 11.6 Å². The molecule has 3 saturated carbocycles. The predicted molar refractivity (Wildman–Crippen MR) is 103 cm³/mol. The molecular weight excluding hydrogens is 306 g/mol. The van der Waals surface area contributed by atoms with Crippen LogP contribution in [0.15, 0.2) is 11.6 Å². The van der Waals surface area contributed by atoms with Gasteiger partial charge >= 0.3 is 0 Å². The van der Waals surface area contributed by atoms with Gasteiger partial charge in [0.25, 0.3) is 0 Å². The highest BCUT2D eigenvalue weighted by Crippen LogP contribution is 2.67.